The smallest absolute Gasteiger partial charge is 0.328 e. The summed E-state index contributed by atoms with van der Waals surface area (Å²) < 4.78 is 12.2. The zero-order valence-electron chi connectivity index (χ0n) is 32.7. The standard InChI is InChI=1S/C41H80N2O5/c1-7-11-15-19-23-28-36(29-24-20-16-12-8-2)47-40(45)34-33-38(42-39(44)32-27-35-43(5)6)41(46)48-37(30-25-21-17-13-9-3)31-26-22-18-14-10-4/h36-38H,7-35H2,1-6H3,(H,42,44)/t38-/m0/s1. The number of rotatable bonds is 35. The van der Waals surface area contributed by atoms with E-state index in [4.69, 9.17) is 9.47 Å². The number of nitrogens with zero attached hydrogens (tertiary/aromatic N) is 1. The molecule has 0 spiro atoms. The number of unbranched alkanes of at least 4 members (excludes halogenated alkanes) is 16. The second-order valence-corrected chi connectivity index (χ2v) is 14.5. The fraction of sp³-hybridized carbons (Fsp3) is 0.927. The quantitative estimate of drug-likeness (QED) is 0.0530. The monoisotopic (exact) mass is 681 g/mol. The highest BCUT2D eigenvalue weighted by Gasteiger charge is 2.27. The van der Waals surface area contributed by atoms with Crippen LogP contribution >= 0.6 is 0 Å². The van der Waals surface area contributed by atoms with Crippen LogP contribution in [-0.4, -0.2) is 61.6 Å². The van der Waals surface area contributed by atoms with Gasteiger partial charge in [0.1, 0.15) is 18.2 Å². The Bertz CT molecular complexity index is 731. The number of ether oxygens (including phenoxy) is 2. The summed E-state index contributed by atoms with van der Waals surface area (Å²) in [4.78, 5) is 41.8. The van der Waals surface area contributed by atoms with Gasteiger partial charge in [0.05, 0.1) is 0 Å². The van der Waals surface area contributed by atoms with E-state index >= 15 is 0 Å². The summed E-state index contributed by atoms with van der Waals surface area (Å²) in [6.07, 6.45) is 28.2. The molecule has 0 saturated heterocycles. The molecule has 0 unspecified atom stereocenters. The molecule has 0 aromatic carbocycles. The number of esters is 2. The van der Waals surface area contributed by atoms with Crippen LogP contribution in [0.1, 0.15) is 207 Å². The van der Waals surface area contributed by atoms with Crippen LogP contribution in [0.2, 0.25) is 0 Å². The number of nitrogens with one attached hydrogen (secondary N) is 1. The lowest BCUT2D eigenvalue weighted by Gasteiger charge is -2.24. The minimum Gasteiger partial charge on any atom is -0.462 e. The van der Waals surface area contributed by atoms with Gasteiger partial charge in [0.25, 0.3) is 0 Å². The summed E-state index contributed by atoms with van der Waals surface area (Å²) in [6.45, 7) is 9.68. The Kier molecular flexibility index (Phi) is 32.7. The first-order valence-corrected chi connectivity index (χ1v) is 20.6. The Morgan fingerprint density at radius 1 is 0.500 bits per heavy atom. The summed E-state index contributed by atoms with van der Waals surface area (Å²) >= 11 is 0. The molecule has 0 aliphatic carbocycles. The highest BCUT2D eigenvalue weighted by Crippen LogP contribution is 2.20. The maximum Gasteiger partial charge on any atom is 0.328 e. The van der Waals surface area contributed by atoms with Gasteiger partial charge in [-0.05, 0) is 84.8 Å². The molecule has 0 aromatic rings. The Morgan fingerprint density at radius 2 is 0.896 bits per heavy atom. The zero-order valence-corrected chi connectivity index (χ0v) is 32.7. The van der Waals surface area contributed by atoms with E-state index in [9.17, 15) is 14.4 Å². The fourth-order valence-electron chi connectivity index (χ4n) is 6.25. The maximum atomic E-state index is 13.6. The number of hydrogen-bond donors (Lipinski definition) is 1. The van der Waals surface area contributed by atoms with Crippen LogP contribution in [0.15, 0.2) is 0 Å². The average Bonchev–Trinajstić information content (AvgIpc) is 3.05. The van der Waals surface area contributed by atoms with E-state index in [1.165, 1.54) is 89.9 Å². The minimum absolute atomic E-state index is 0.0726. The van der Waals surface area contributed by atoms with E-state index in [1.807, 2.05) is 19.0 Å². The number of amides is 1. The number of carbonyl (C=O) groups excluding carboxylic acids is 3. The molecule has 0 saturated carbocycles. The molecule has 0 rings (SSSR count). The topological polar surface area (TPSA) is 84.9 Å². The van der Waals surface area contributed by atoms with Crippen molar-refractivity contribution in [3.05, 3.63) is 0 Å². The van der Waals surface area contributed by atoms with Gasteiger partial charge in [0.15, 0.2) is 0 Å². The third-order valence-electron chi connectivity index (χ3n) is 9.37. The summed E-state index contributed by atoms with van der Waals surface area (Å²) in [5, 5.41) is 2.94. The maximum absolute atomic E-state index is 13.6. The SMILES string of the molecule is CCCCCCCC(CCCCCCC)OC(=O)CC[C@H](NC(=O)CCCN(C)C)C(=O)OC(CCCCCCC)CCCCCCC. The Hall–Kier alpha value is -1.63. The van der Waals surface area contributed by atoms with Crippen LogP contribution < -0.4 is 5.32 Å². The van der Waals surface area contributed by atoms with Crippen molar-refractivity contribution in [2.75, 3.05) is 20.6 Å². The predicted octanol–water partition coefficient (Wildman–Crippen LogP) is 10.9. The van der Waals surface area contributed by atoms with Crippen molar-refractivity contribution >= 4 is 17.8 Å². The molecule has 7 nitrogen and oxygen atoms in total. The molecule has 0 bridgehead atoms. The zero-order chi connectivity index (χ0) is 35.7. The van der Waals surface area contributed by atoms with Gasteiger partial charge in [-0.15, -0.1) is 0 Å². The van der Waals surface area contributed by atoms with Crippen LogP contribution in [0.25, 0.3) is 0 Å². The molecule has 0 heterocycles. The molecule has 0 aliphatic rings. The van der Waals surface area contributed by atoms with Gasteiger partial charge in [-0.3, -0.25) is 9.59 Å². The van der Waals surface area contributed by atoms with E-state index in [1.54, 1.807) is 0 Å². The molecule has 0 radical (unpaired) electrons. The summed E-state index contributed by atoms with van der Waals surface area (Å²) in [5.41, 5.74) is 0. The molecule has 1 amide bonds. The van der Waals surface area contributed by atoms with Crippen molar-refractivity contribution in [2.45, 2.75) is 226 Å². The molecule has 1 atom stereocenters. The first kappa shape index (κ1) is 46.4. The van der Waals surface area contributed by atoms with Crippen molar-refractivity contribution in [1.82, 2.24) is 10.2 Å². The van der Waals surface area contributed by atoms with E-state index in [2.05, 4.69) is 33.0 Å². The van der Waals surface area contributed by atoms with E-state index in [-0.39, 0.29) is 36.9 Å². The number of carbonyl (C=O) groups is 3. The van der Waals surface area contributed by atoms with Crippen molar-refractivity contribution in [1.29, 1.82) is 0 Å². The van der Waals surface area contributed by atoms with Crippen molar-refractivity contribution in [2.24, 2.45) is 0 Å². The first-order valence-electron chi connectivity index (χ1n) is 20.6. The van der Waals surface area contributed by atoms with Gasteiger partial charge in [-0.2, -0.15) is 0 Å². The molecule has 1 N–H and O–H groups in total. The van der Waals surface area contributed by atoms with Crippen molar-refractivity contribution in [3.8, 4) is 0 Å². The first-order chi connectivity index (χ1) is 23.3. The fourth-order valence-corrected chi connectivity index (χ4v) is 6.25. The van der Waals surface area contributed by atoms with E-state index < -0.39 is 12.0 Å². The number of hydrogen-bond acceptors (Lipinski definition) is 6. The minimum atomic E-state index is -0.839. The Labute approximate surface area is 297 Å². The highest BCUT2D eigenvalue weighted by molar-refractivity contribution is 5.85. The van der Waals surface area contributed by atoms with Crippen molar-refractivity contribution in [3.63, 3.8) is 0 Å². The summed E-state index contributed by atoms with van der Waals surface area (Å²) in [7, 11) is 3.97. The molecule has 284 valence electrons. The van der Waals surface area contributed by atoms with Crippen LogP contribution in [0.5, 0.6) is 0 Å². The van der Waals surface area contributed by atoms with Crippen LogP contribution in [0, 0.1) is 0 Å². The molecule has 7 heteroatoms. The second kappa shape index (κ2) is 33.8. The third kappa shape index (κ3) is 29.3. The van der Waals surface area contributed by atoms with Gasteiger partial charge in [-0.25, -0.2) is 4.79 Å². The van der Waals surface area contributed by atoms with E-state index in [0.717, 1.165) is 70.8 Å². The Morgan fingerprint density at radius 3 is 1.29 bits per heavy atom. The van der Waals surface area contributed by atoms with Crippen LogP contribution in [0.3, 0.4) is 0 Å². The third-order valence-corrected chi connectivity index (χ3v) is 9.37. The van der Waals surface area contributed by atoms with Gasteiger partial charge >= 0.3 is 11.9 Å². The Balaban J connectivity index is 5.41. The average molecular weight is 681 g/mol. The molecule has 0 aromatic heterocycles. The molecule has 0 aliphatic heterocycles. The summed E-state index contributed by atoms with van der Waals surface area (Å²) in [6, 6.07) is -0.839. The second-order valence-electron chi connectivity index (χ2n) is 14.5. The lowest BCUT2D eigenvalue weighted by Crippen LogP contribution is -2.43. The largest absolute Gasteiger partial charge is 0.462 e. The van der Waals surface area contributed by atoms with Crippen LogP contribution in [0.4, 0.5) is 0 Å². The molecular formula is C41H80N2O5. The predicted molar refractivity (Wildman–Crippen MR) is 202 cm³/mol. The normalized spacial score (nSPS) is 12.2. The molecule has 0 fully saturated rings. The lowest BCUT2D eigenvalue weighted by atomic mass is 10.0. The summed E-state index contributed by atoms with van der Waals surface area (Å²) in [5.74, 6) is -0.843. The lowest BCUT2D eigenvalue weighted by molar-refractivity contribution is -0.155. The molecular weight excluding hydrogens is 600 g/mol. The van der Waals surface area contributed by atoms with Gasteiger partial charge in [-0.1, -0.05) is 130 Å². The van der Waals surface area contributed by atoms with Gasteiger partial charge in [0.2, 0.25) is 5.91 Å². The highest BCUT2D eigenvalue weighted by atomic mass is 16.5. The van der Waals surface area contributed by atoms with Crippen LogP contribution in [-0.2, 0) is 23.9 Å². The van der Waals surface area contributed by atoms with Gasteiger partial charge in [0, 0.05) is 12.8 Å². The van der Waals surface area contributed by atoms with Gasteiger partial charge < -0.3 is 19.7 Å². The molecule has 48 heavy (non-hydrogen) atoms. The van der Waals surface area contributed by atoms with E-state index in [0.29, 0.717) is 12.8 Å². The van der Waals surface area contributed by atoms with Crippen molar-refractivity contribution < 1.29 is 23.9 Å².